The predicted octanol–water partition coefficient (Wildman–Crippen LogP) is 3.29. The van der Waals surface area contributed by atoms with Crippen molar-refractivity contribution < 1.29 is 9.18 Å². The van der Waals surface area contributed by atoms with E-state index in [4.69, 9.17) is 0 Å². The van der Waals surface area contributed by atoms with Crippen LogP contribution in [-0.4, -0.2) is 35.2 Å². The third-order valence-corrected chi connectivity index (χ3v) is 5.21. The van der Waals surface area contributed by atoms with Gasteiger partial charge in [-0.1, -0.05) is 6.07 Å². The van der Waals surface area contributed by atoms with Gasteiger partial charge in [0.1, 0.15) is 5.82 Å². The Bertz CT molecular complexity index is 860. The quantitative estimate of drug-likeness (QED) is 0.754. The number of hydrogen-bond acceptors (Lipinski definition) is 4. The summed E-state index contributed by atoms with van der Waals surface area (Å²) in [6.07, 6.45) is 0.855. The molecule has 0 bridgehead atoms. The van der Waals surface area contributed by atoms with Gasteiger partial charge in [0.25, 0.3) is 5.91 Å². The smallest absolute Gasteiger partial charge is 0.251 e. The number of carbonyl (C=O) groups is 1. The highest BCUT2D eigenvalue weighted by atomic mass is 32.1. The Morgan fingerprint density at radius 1 is 1.32 bits per heavy atom. The molecule has 0 spiro atoms. The average Bonchev–Trinajstić information content (AvgIpc) is 3.36. The molecule has 1 saturated heterocycles. The molecule has 0 aliphatic carbocycles. The maximum absolute atomic E-state index is 13.0. The zero-order valence-corrected chi connectivity index (χ0v) is 14.2. The van der Waals surface area contributed by atoms with Gasteiger partial charge >= 0.3 is 0 Å². The monoisotopic (exact) mass is 356 g/mol. The molecule has 0 unspecified atom stereocenters. The molecule has 1 amide bonds. The van der Waals surface area contributed by atoms with E-state index in [2.05, 4.69) is 26.5 Å². The van der Waals surface area contributed by atoms with E-state index in [0.29, 0.717) is 12.1 Å². The van der Waals surface area contributed by atoms with Gasteiger partial charge in [-0.2, -0.15) is 5.10 Å². The van der Waals surface area contributed by atoms with Crippen LogP contribution in [0.4, 0.5) is 10.2 Å². The fourth-order valence-electron chi connectivity index (χ4n) is 2.99. The number of anilines is 1. The van der Waals surface area contributed by atoms with Crippen molar-refractivity contribution in [3.8, 4) is 10.6 Å². The molecule has 1 fully saturated rings. The second-order valence-electron chi connectivity index (χ2n) is 6.03. The highest BCUT2D eigenvalue weighted by molar-refractivity contribution is 7.13. The normalized spacial score (nSPS) is 17.0. The summed E-state index contributed by atoms with van der Waals surface area (Å²) in [5, 5.41) is 12.5. The van der Waals surface area contributed by atoms with E-state index in [1.54, 1.807) is 11.3 Å². The number of amides is 1. The molecule has 0 saturated carbocycles. The van der Waals surface area contributed by atoms with Gasteiger partial charge in [-0.3, -0.25) is 9.89 Å². The molecule has 25 heavy (non-hydrogen) atoms. The average molecular weight is 356 g/mol. The SMILES string of the molecule is O=C(N[C@H]1CCN(c2cc(-c3cccs3)[nH]n2)C1)c1ccc(F)cc1. The van der Waals surface area contributed by atoms with E-state index < -0.39 is 0 Å². The maximum atomic E-state index is 13.0. The van der Waals surface area contributed by atoms with Crippen LogP contribution in [0.3, 0.4) is 0 Å². The van der Waals surface area contributed by atoms with E-state index in [1.165, 1.54) is 24.3 Å². The first-order chi connectivity index (χ1) is 12.2. The van der Waals surface area contributed by atoms with Crippen molar-refractivity contribution in [1.82, 2.24) is 15.5 Å². The number of aromatic nitrogens is 2. The number of aromatic amines is 1. The van der Waals surface area contributed by atoms with Gasteiger partial charge in [0.15, 0.2) is 5.82 Å². The van der Waals surface area contributed by atoms with Gasteiger partial charge in [-0.05, 0) is 42.1 Å². The third-order valence-electron chi connectivity index (χ3n) is 4.30. The Morgan fingerprint density at radius 2 is 2.16 bits per heavy atom. The topological polar surface area (TPSA) is 61.0 Å². The largest absolute Gasteiger partial charge is 0.353 e. The zero-order chi connectivity index (χ0) is 17.2. The molecule has 128 valence electrons. The molecular weight excluding hydrogens is 339 g/mol. The molecular formula is C18H17FN4OS. The number of halogens is 1. The van der Waals surface area contributed by atoms with Crippen molar-refractivity contribution in [1.29, 1.82) is 0 Å². The van der Waals surface area contributed by atoms with Crippen molar-refractivity contribution >= 4 is 23.1 Å². The minimum absolute atomic E-state index is 0.0550. The molecule has 1 aliphatic rings. The summed E-state index contributed by atoms with van der Waals surface area (Å²) in [4.78, 5) is 15.6. The molecule has 5 nitrogen and oxygen atoms in total. The van der Waals surface area contributed by atoms with Crippen LogP contribution in [-0.2, 0) is 0 Å². The number of nitrogens with zero attached hydrogens (tertiary/aromatic N) is 2. The molecule has 0 radical (unpaired) electrons. The van der Waals surface area contributed by atoms with Crippen LogP contribution in [0.5, 0.6) is 0 Å². The van der Waals surface area contributed by atoms with Gasteiger partial charge in [0.05, 0.1) is 10.6 Å². The van der Waals surface area contributed by atoms with Crippen LogP contribution in [0.25, 0.3) is 10.6 Å². The van der Waals surface area contributed by atoms with Crippen molar-refractivity contribution in [2.24, 2.45) is 0 Å². The van der Waals surface area contributed by atoms with E-state index in [1.807, 2.05) is 17.5 Å². The number of carbonyl (C=O) groups excluding carboxylic acids is 1. The summed E-state index contributed by atoms with van der Waals surface area (Å²) < 4.78 is 13.0. The zero-order valence-electron chi connectivity index (χ0n) is 13.4. The highest BCUT2D eigenvalue weighted by Crippen LogP contribution is 2.27. The lowest BCUT2D eigenvalue weighted by molar-refractivity contribution is 0.0940. The molecule has 4 rings (SSSR count). The Hall–Kier alpha value is -2.67. The third kappa shape index (κ3) is 3.41. The van der Waals surface area contributed by atoms with Gasteiger partial charge in [-0.15, -0.1) is 11.3 Å². The summed E-state index contributed by atoms with van der Waals surface area (Å²) in [6.45, 7) is 1.55. The number of rotatable bonds is 4. The standard InChI is InChI=1S/C18H17FN4OS/c19-13-5-3-12(4-6-13)18(24)20-14-7-8-23(11-14)17-10-15(21-22-17)16-2-1-9-25-16/h1-6,9-10,14H,7-8,11H2,(H,20,24)(H,21,22)/t14-/m0/s1. The Morgan fingerprint density at radius 3 is 2.92 bits per heavy atom. The fraction of sp³-hybridized carbons (Fsp3) is 0.222. The van der Waals surface area contributed by atoms with Crippen molar-refractivity contribution in [2.75, 3.05) is 18.0 Å². The first-order valence-electron chi connectivity index (χ1n) is 8.10. The number of H-pyrrole nitrogens is 1. The van der Waals surface area contributed by atoms with Crippen LogP contribution in [0.2, 0.25) is 0 Å². The maximum Gasteiger partial charge on any atom is 0.251 e. The lowest BCUT2D eigenvalue weighted by Gasteiger charge is -2.16. The van der Waals surface area contributed by atoms with Crippen LogP contribution < -0.4 is 10.2 Å². The molecule has 2 aromatic heterocycles. The van der Waals surface area contributed by atoms with Crippen molar-refractivity contribution in [3.05, 3.63) is 59.2 Å². The highest BCUT2D eigenvalue weighted by Gasteiger charge is 2.26. The number of nitrogens with one attached hydrogen (secondary N) is 2. The molecule has 3 aromatic rings. The Balaban J connectivity index is 1.38. The summed E-state index contributed by atoms with van der Waals surface area (Å²) in [6, 6.07) is 11.7. The van der Waals surface area contributed by atoms with Gasteiger partial charge in [-0.25, -0.2) is 4.39 Å². The van der Waals surface area contributed by atoms with E-state index in [9.17, 15) is 9.18 Å². The minimum atomic E-state index is -0.344. The molecule has 1 atom stereocenters. The Labute approximate surface area is 148 Å². The van der Waals surface area contributed by atoms with Crippen LogP contribution in [0.1, 0.15) is 16.8 Å². The fourth-order valence-corrected chi connectivity index (χ4v) is 3.68. The molecule has 2 N–H and O–H groups in total. The number of hydrogen-bond donors (Lipinski definition) is 2. The molecule has 7 heteroatoms. The van der Waals surface area contributed by atoms with E-state index in [-0.39, 0.29) is 17.8 Å². The number of benzene rings is 1. The lowest BCUT2D eigenvalue weighted by Crippen LogP contribution is -2.37. The van der Waals surface area contributed by atoms with Gasteiger partial charge in [0, 0.05) is 30.8 Å². The van der Waals surface area contributed by atoms with E-state index in [0.717, 1.165) is 29.4 Å². The first-order valence-corrected chi connectivity index (χ1v) is 8.98. The summed E-state index contributed by atoms with van der Waals surface area (Å²) in [7, 11) is 0. The van der Waals surface area contributed by atoms with Gasteiger partial charge < -0.3 is 10.2 Å². The second-order valence-corrected chi connectivity index (χ2v) is 6.98. The summed E-state index contributed by atoms with van der Waals surface area (Å²) in [5.74, 6) is 0.374. The lowest BCUT2D eigenvalue weighted by atomic mass is 10.2. The predicted molar refractivity (Wildman–Crippen MR) is 96.4 cm³/mol. The van der Waals surface area contributed by atoms with Crippen LogP contribution >= 0.6 is 11.3 Å². The van der Waals surface area contributed by atoms with Crippen LogP contribution in [0.15, 0.2) is 47.8 Å². The summed E-state index contributed by atoms with van der Waals surface area (Å²) in [5.41, 5.74) is 1.48. The molecule has 1 aliphatic heterocycles. The van der Waals surface area contributed by atoms with E-state index >= 15 is 0 Å². The molecule has 1 aromatic carbocycles. The first kappa shape index (κ1) is 15.8. The van der Waals surface area contributed by atoms with Gasteiger partial charge in [0.2, 0.25) is 0 Å². The van der Waals surface area contributed by atoms with Crippen LogP contribution in [0, 0.1) is 5.82 Å². The second kappa shape index (κ2) is 6.68. The van der Waals surface area contributed by atoms with Crippen molar-refractivity contribution in [3.63, 3.8) is 0 Å². The molecule has 3 heterocycles. The van der Waals surface area contributed by atoms with Crippen molar-refractivity contribution in [2.45, 2.75) is 12.5 Å². The number of thiophene rings is 1. The Kier molecular flexibility index (Phi) is 4.23. The minimum Gasteiger partial charge on any atom is -0.353 e. The summed E-state index contributed by atoms with van der Waals surface area (Å²) >= 11 is 1.67.